The fourth-order valence-corrected chi connectivity index (χ4v) is 2.48. The summed E-state index contributed by atoms with van der Waals surface area (Å²) in [6.07, 6.45) is 7.03. The average molecular weight is 318 g/mol. The normalized spacial score (nSPS) is 25.5. The molecule has 1 aliphatic rings. The SMILES string of the molecule is NC1CCCC1CNc1ncncc1I. The molecule has 0 bridgehead atoms. The first kappa shape index (κ1) is 11.1. The van der Waals surface area contributed by atoms with Crippen LogP contribution in [0.3, 0.4) is 0 Å². The van der Waals surface area contributed by atoms with Crippen molar-refractivity contribution in [3.8, 4) is 0 Å². The second-order valence-corrected chi connectivity index (χ2v) is 5.12. The fourth-order valence-electron chi connectivity index (χ4n) is 1.99. The van der Waals surface area contributed by atoms with Crippen LogP contribution in [0.25, 0.3) is 0 Å². The lowest BCUT2D eigenvalue weighted by molar-refractivity contribution is 0.504. The van der Waals surface area contributed by atoms with Gasteiger partial charge in [-0.05, 0) is 41.4 Å². The zero-order valence-corrected chi connectivity index (χ0v) is 10.6. The molecule has 15 heavy (non-hydrogen) atoms. The highest BCUT2D eigenvalue weighted by Crippen LogP contribution is 2.24. The average Bonchev–Trinajstić information content (AvgIpc) is 2.63. The molecule has 2 unspecified atom stereocenters. The third kappa shape index (κ3) is 2.78. The predicted molar refractivity (Wildman–Crippen MR) is 68.6 cm³/mol. The molecule has 0 aliphatic heterocycles. The first-order valence-corrected chi connectivity index (χ1v) is 6.30. The van der Waals surface area contributed by atoms with Crippen LogP contribution >= 0.6 is 22.6 Å². The topological polar surface area (TPSA) is 63.8 Å². The van der Waals surface area contributed by atoms with Gasteiger partial charge in [-0.25, -0.2) is 9.97 Å². The van der Waals surface area contributed by atoms with Gasteiger partial charge in [-0.3, -0.25) is 0 Å². The van der Waals surface area contributed by atoms with E-state index in [0.717, 1.165) is 22.4 Å². The van der Waals surface area contributed by atoms with Crippen LogP contribution in [0.4, 0.5) is 5.82 Å². The first-order chi connectivity index (χ1) is 7.27. The minimum absolute atomic E-state index is 0.358. The molecule has 82 valence electrons. The highest BCUT2D eigenvalue weighted by atomic mass is 127. The Morgan fingerprint density at radius 1 is 1.53 bits per heavy atom. The maximum atomic E-state index is 6.01. The molecule has 1 aliphatic carbocycles. The van der Waals surface area contributed by atoms with Gasteiger partial charge in [0, 0.05) is 18.8 Å². The van der Waals surface area contributed by atoms with E-state index in [1.54, 1.807) is 6.33 Å². The van der Waals surface area contributed by atoms with E-state index >= 15 is 0 Å². The number of rotatable bonds is 3. The minimum Gasteiger partial charge on any atom is -0.369 e. The molecule has 0 aromatic carbocycles. The fraction of sp³-hybridized carbons (Fsp3) is 0.600. The molecule has 1 aromatic heterocycles. The molecular formula is C10H15IN4. The van der Waals surface area contributed by atoms with Gasteiger partial charge < -0.3 is 11.1 Å². The van der Waals surface area contributed by atoms with Gasteiger partial charge in [-0.1, -0.05) is 6.42 Å². The molecule has 3 N–H and O–H groups in total. The van der Waals surface area contributed by atoms with Gasteiger partial charge >= 0.3 is 0 Å². The molecule has 2 rings (SSSR count). The van der Waals surface area contributed by atoms with Crippen LogP contribution in [-0.2, 0) is 0 Å². The third-order valence-electron chi connectivity index (χ3n) is 2.92. The van der Waals surface area contributed by atoms with E-state index in [1.165, 1.54) is 12.8 Å². The second kappa shape index (κ2) is 5.07. The maximum absolute atomic E-state index is 6.01. The van der Waals surface area contributed by atoms with Crippen LogP contribution in [0.5, 0.6) is 0 Å². The number of halogens is 1. The summed E-state index contributed by atoms with van der Waals surface area (Å²) in [4.78, 5) is 8.15. The number of anilines is 1. The van der Waals surface area contributed by atoms with Crippen molar-refractivity contribution in [1.29, 1.82) is 0 Å². The van der Waals surface area contributed by atoms with Crippen LogP contribution in [0, 0.1) is 9.49 Å². The van der Waals surface area contributed by atoms with E-state index < -0.39 is 0 Å². The van der Waals surface area contributed by atoms with E-state index in [0.29, 0.717) is 12.0 Å². The molecule has 0 amide bonds. The van der Waals surface area contributed by atoms with E-state index in [4.69, 9.17) is 5.73 Å². The van der Waals surface area contributed by atoms with Gasteiger partial charge in [0.2, 0.25) is 0 Å². The largest absolute Gasteiger partial charge is 0.369 e. The molecule has 2 atom stereocenters. The summed E-state index contributed by atoms with van der Waals surface area (Å²) in [5.74, 6) is 1.51. The summed E-state index contributed by atoms with van der Waals surface area (Å²) in [6.45, 7) is 0.925. The molecule has 0 saturated heterocycles. The first-order valence-electron chi connectivity index (χ1n) is 5.22. The number of nitrogens with zero attached hydrogens (tertiary/aromatic N) is 2. The number of hydrogen-bond acceptors (Lipinski definition) is 4. The molecule has 0 radical (unpaired) electrons. The Morgan fingerprint density at radius 2 is 2.40 bits per heavy atom. The summed E-state index contributed by atoms with van der Waals surface area (Å²) < 4.78 is 1.06. The summed E-state index contributed by atoms with van der Waals surface area (Å²) in [7, 11) is 0. The van der Waals surface area contributed by atoms with Crippen LogP contribution in [0.15, 0.2) is 12.5 Å². The Morgan fingerprint density at radius 3 is 3.07 bits per heavy atom. The quantitative estimate of drug-likeness (QED) is 0.832. The van der Waals surface area contributed by atoms with Gasteiger partial charge in [-0.2, -0.15) is 0 Å². The number of nitrogens with two attached hydrogens (primary N) is 1. The smallest absolute Gasteiger partial charge is 0.142 e. The molecule has 1 aromatic rings. The number of aromatic nitrogens is 2. The zero-order valence-electron chi connectivity index (χ0n) is 8.49. The standard InChI is InChI=1S/C10H15IN4/c11-8-5-13-6-15-10(8)14-4-7-2-1-3-9(7)12/h5-7,9H,1-4,12H2,(H,13,14,15). The van der Waals surface area contributed by atoms with Crippen LogP contribution in [-0.4, -0.2) is 22.6 Å². The lowest BCUT2D eigenvalue weighted by Crippen LogP contribution is -2.29. The summed E-state index contributed by atoms with van der Waals surface area (Å²) in [6, 6.07) is 0.358. The molecular weight excluding hydrogens is 303 g/mol. The van der Waals surface area contributed by atoms with Crippen LogP contribution in [0.2, 0.25) is 0 Å². The van der Waals surface area contributed by atoms with Gasteiger partial charge in [-0.15, -0.1) is 0 Å². The van der Waals surface area contributed by atoms with Crippen molar-refractivity contribution in [3.63, 3.8) is 0 Å². The van der Waals surface area contributed by atoms with Gasteiger partial charge in [0.05, 0.1) is 3.57 Å². The van der Waals surface area contributed by atoms with Crippen molar-refractivity contribution in [2.75, 3.05) is 11.9 Å². The Kier molecular flexibility index (Phi) is 3.74. The molecule has 1 saturated carbocycles. The lowest BCUT2D eigenvalue weighted by atomic mass is 10.1. The second-order valence-electron chi connectivity index (χ2n) is 3.96. The van der Waals surface area contributed by atoms with Crippen molar-refractivity contribution in [2.45, 2.75) is 25.3 Å². The van der Waals surface area contributed by atoms with E-state index in [2.05, 4.69) is 37.9 Å². The Labute approximate surface area is 103 Å². The van der Waals surface area contributed by atoms with Gasteiger partial charge in [0.1, 0.15) is 12.1 Å². The molecule has 1 heterocycles. The molecule has 5 heteroatoms. The van der Waals surface area contributed by atoms with Crippen LogP contribution < -0.4 is 11.1 Å². The highest BCUT2D eigenvalue weighted by molar-refractivity contribution is 14.1. The lowest BCUT2D eigenvalue weighted by Gasteiger charge is -2.16. The summed E-state index contributed by atoms with van der Waals surface area (Å²) >= 11 is 2.23. The van der Waals surface area contributed by atoms with Crippen molar-refractivity contribution in [2.24, 2.45) is 11.7 Å². The van der Waals surface area contributed by atoms with Gasteiger partial charge in [0.15, 0.2) is 0 Å². The predicted octanol–water partition coefficient (Wildman–Crippen LogP) is 1.62. The van der Waals surface area contributed by atoms with Crippen molar-refractivity contribution < 1.29 is 0 Å². The van der Waals surface area contributed by atoms with Gasteiger partial charge in [0.25, 0.3) is 0 Å². The molecule has 0 spiro atoms. The Bertz CT molecular complexity index is 331. The molecule has 1 fully saturated rings. The molecule has 4 nitrogen and oxygen atoms in total. The monoisotopic (exact) mass is 318 g/mol. The van der Waals surface area contributed by atoms with Crippen molar-refractivity contribution >= 4 is 28.4 Å². The summed E-state index contributed by atoms with van der Waals surface area (Å²) in [5, 5.41) is 3.35. The maximum Gasteiger partial charge on any atom is 0.142 e. The van der Waals surface area contributed by atoms with E-state index in [9.17, 15) is 0 Å². The third-order valence-corrected chi connectivity index (χ3v) is 3.71. The van der Waals surface area contributed by atoms with E-state index in [-0.39, 0.29) is 0 Å². The van der Waals surface area contributed by atoms with Crippen molar-refractivity contribution in [1.82, 2.24) is 9.97 Å². The highest BCUT2D eigenvalue weighted by Gasteiger charge is 2.23. The van der Waals surface area contributed by atoms with Crippen LogP contribution in [0.1, 0.15) is 19.3 Å². The summed E-state index contributed by atoms with van der Waals surface area (Å²) in [5.41, 5.74) is 6.01. The Balaban J connectivity index is 1.90. The van der Waals surface area contributed by atoms with E-state index in [1.807, 2.05) is 6.20 Å². The minimum atomic E-state index is 0.358. The Hall–Kier alpha value is -0.430. The van der Waals surface area contributed by atoms with Crippen molar-refractivity contribution in [3.05, 3.63) is 16.1 Å². The zero-order chi connectivity index (χ0) is 10.7. The number of nitrogens with one attached hydrogen (secondary N) is 1. The number of hydrogen-bond donors (Lipinski definition) is 2.